The predicted octanol–water partition coefficient (Wildman–Crippen LogP) is 5.50. The highest BCUT2D eigenvalue weighted by Gasteiger charge is 2.43. The van der Waals surface area contributed by atoms with Crippen LogP contribution in [0, 0.1) is 3.57 Å². The maximum Gasteiger partial charge on any atom is 0.328 e. The van der Waals surface area contributed by atoms with E-state index in [-0.39, 0.29) is 0 Å². The van der Waals surface area contributed by atoms with E-state index in [0.29, 0.717) is 6.10 Å². The van der Waals surface area contributed by atoms with Crippen LogP contribution in [0.1, 0.15) is 36.6 Å². The Hall–Kier alpha value is -1.47. The third kappa shape index (κ3) is 3.27. The molecule has 0 aromatic heterocycles. The SMILES string of the molecule is O=C(O)C1C(Cl)c2cc(I)ccc2N1c1ccc(OC2CCCC2)cc1. The minimum Gasteiger partial charge on any atom is -0.490 e. The van der Waals surface area contributed by atoms with Crippen LogP contribution in [-0.4, -0.2) is 23.2 Å². The molecule has 6 heteroatoms. The van der Waals surface area contributed by atoms with Crippen LogP contribution in [0.2, 0.25) is 0 Å². The van der Waals surface area contributed by atoms with E-state index in [1.54, 1.807) is 0 Å². The highest BCUT2D eigenvalue weighted by Crippen LogP contribution is 2.48. The molecule has 1 N–H and O–H groups in total. The monoisotopic (exact) mass is 483 g/mol. The Morgan fingerprint density at radius 1 is 1.15 bits per heavy atom. The molecule has 1 aliphatic heterocycles. The fourth-order valence-electron chi connectivity index (χ4n) is 3.84. The molecule has 2 aromatic rings. The molecule has 0 radical (unpaired) electrons. The van der Waals surface area contributed by atoms with E-state index >= 15 is 0 Å². The Bertz CT molecular complexity index is 820. The van der Waals surface area contributed by atoms with Crippen LogP contribution in [-0.2, 0) is 4.79 Å². The van der Waals surface area contributed by atoms with Crippen molar-refractivity contribution < 1.29 is 14.6 Å². The first-order valence-electron chi connectivity index (χ1n) is 8.77. The lowest BCUT2D eigenvalue weighted by Gasteiger charge is -2.26. The van der Waals surface area contributed by atoms with Crippen molar-refractivity contribution in [2.75, 3.05) is 4.90 Å². The average molecular weight is 484 g/mol. The fraction of sp³-hybridized carbons (Fsp3) is 0.350. The molecule has 1 saturated carbocycles. The van der Waals surface area contributed by atoms with E-state index in [1.807, 2.05) is 47.4 Å². The molecule has 2 aliphatic rings. The topological polar surface area (TPSA) is 49.8 Å². The molecule has 26 heavy (non-hydrogen) atoms. The van der Waals surface area contributed by atoms with Crippen molar-refractivity contribution in [3.05, 3.63) is 51.6 Å². The molecular weight excluding hydrogens is 465 g/mol. The lowest BCUT2D eigenvalue weighted by Crippen LogP contribution is -2.36. The summed E-state index contributed by atoms with van der Waals surface area (Å²) in [6.07, 6.45) is 4.96. The Labute approximate surface area is 171 Å². The molecule has 4 rings (SSSR count). The van der Waals surface area contributed by atoms with E-state index in [9.17, 15) is 9.90 Å². The molecule has 0 amide bonds. The molecular formula is C20H19ClINO3. The molecule has 1 heterocycles. The highest BCUT2D eigenvalue weighted by atomic mass is 127. The molecule has 1 aliphatic carbocycles. The average Bonchev–Trinajstić information content (AvgIpc) is 3.22. The van der Waals surface area contributed by atoms with Gasteiger partial charge in [-0.25, -0.2) is 4.79 Å². The van der Waals surface area contributed by atoms with Gasteiger partial charge in [0.05, 0.1) is 11.5 Å². The van der Waals surface area contributed by atoms with Gasteiger partial charge in [-0.05, 0) is 96.3 Å². The number of ether oxygens (including phenoxy) is 1. The van der Waals surface area contributed by atoms with Gasteiger partial charge in [0.1, 0.15) is 5.75 Å². The quantitative estimate of drug-likeness (QED) is 0.461. The zero-order valence-corrected chi connectivity index (χ0v) is 17.0. The fourth-order valence-corrected chi connectivity index (χ4v) is 4.75. The number of halogens is 2. The second-order valence-electron chi connectivity index (χ2n) is 6.78. The third-order valence-electron chi connectivity index (χ3n) is 5.07. The van der Waals surface area contributed by atoms with Crippen LogP contribution in [0.25, 0.3) is 0 Å². The molecule has 1 fully saturated rings. The van der Waals surface area contributed by atoms with Crippen LogP contribution in [0.15, 0.2) is 42.5 Å². The van der Waals surface area contributed by atoms with Gasteiger partial charge in [0.15, 0.2) is 6.04 Å². The number of alkyl halides is 1. The zero-order chi connectivity index (χ0) is 18.3. The van der Waals surface area contributed by atoms with Crippen molar-refractivity contribution in [3.8, 4) is 5.75 Å². The molecule has 0 saturated heterocycles. The second-order valence-corrected chi connectivity index (χ2v) is 8.49. The van der Waals surface area contributed by atoms with Crippen LogP contribution < -0.4 is 9.64 Å². The number of carbonyl (C=O) groups is 1. The van der Waals surface area contributed by atoms with Crippen LogP contribution in [0.5, 0.6) is 5.75 Å². The van der Waals surface area contributed by atoms with Gasteiger partial charge < -0.3 is 14.7 Å². The number of aliphatic carboxylic acids is 1. The number of hydrogen-bond donors (Lipinski definition) is 1. The first-order chi connectivity index (χ1) is 12.5. The summed E-state index contributed by atoms with van der Waals surface area (Å²) in [5.41, 5.74) is 2.52. The van der Waals surface area contributed by atoms with Gasteiger partial charge in [-0.3, -0.25) is 0 Å². The lowest BCUT2D eigenvalue weighted by molar-refractivity contribution is -0.138. The largest absolute Gasteiger partial charge is 0.490 e. The van der Waals surface area contributed by atoms with Crippen molar-refractivity contribution in [1.29, 1.82) is 0 Å². The Morgan fingerprint density at radius 3 is 2.50 bits per heavy atom. The summed E-state index contributed by atoms with van der Waals surface area (Å²) in [7, 11) is 0. The summed E-state index contributed by atoms with van der Waals surface area (Å²) in [4.78, 5) is 13.7. The summed E-state index contributed by atoms with van der Waals surface area (Å²) in [6.45, 7) is 0. The van der Waals surface area contributed by atoms with Gasteiger partial charge >= 0.3 is 5.97 Å². The molecule has 4 nitrogen and oxygen atoms in total. The first kappa shape index (κ1) is 17.9. The summed E-state index contributed by atoms with van der Waals surface area (Å²) in [5, 5.41) is 9.16. The van der Waals surface area contributed by atoms with E-state index in [4.69, 9.17) is 16.3 Å². The highest BCUT2D eigenvalue weighted by molar-refractivity contribution is 14.1. The number of nitrogens with zero attached hydrogens (tertiary/aromatic N) is 1. The van der Waals surface area contributed by atoms with Gasteiger partial charge in [-0.15, -0.1) is 11.6 Å². The number of benzene rings is 2. The zero-order valence-electron chi connectivity index (χ0n) is 14.1. The molecule has 136 valence electrons. The summed E-state index contributed by atoms with van der Waals surface area (Å²) in [5.74, 6) is -0.0977. The normalized spacial score (nSPS) is 22.5. The smallest absolute Gasteiger partial charge is 0.328 e. The first-order valence-corrected chi connectivity index (χ1v) is 10.3. The maximum absolute atomic E-state index is 11.9. The van der Waals surface area contributed by atoms with E-state index in [2.05, 4.69) is 22.6 Å². The number of fused-ring (bicyclic) bond motifs is 1. The lowest BCUT2D eigenvalue weighted by atomic mass is 10.1. The van der Waals surface area contributed by atoms with Crippen molar-refractivity contribution in [1.82, 2.24) is 0 Å². The van der Waals surface area contributed by atoms with Crippen LogP contribution in [0.4, 0.5) is 11.4 Å². The van der Waals surface area contributed by atoms with Crippen molar-refractivity contribution in [3.63, 3.8) is 0 Å². The van der Waals surface area contributed by atoms with Gasteiger partial charge in [0, 0.05) is 14.9 Å². The van der Waals surface area contributed by atoms with Crippen molar-refractivity contribution >= 4 is 51.5 Å². The summed E-state index contributed by atoms with van der Waals surface area (Å²) >= 11 is 8.73. The standard InChI is InChI=1S/C20H19ClINO3/c21-18-16-11-12(22)5-10-17(16)23(19(18)20(24)25)13-6-8-15(9-7-13)26-14-3-1-2-4-14/h5-11,14,18-19H,1-4H2,(H,24,25). The maximum atomic E-state index is 11.9. The van der Waals surface area contributed by atoms with E-state index < -0.39 is 17.4 Å². The second kappa shape index (κ2) is 7.27. The molecule has 2 atom stereocenters. The van der Waals surface area contributed by atoms with E-state index in [1.165, 1.54) is 12.8 Å². The molecule has 0 bridgehead atoms. The Kier molecular flexibility index (Phi) is 5.01. The van der Waals surface area contributed by atoms with Crippen molar-refractivity contribution in [2.45, 2.75) is 43.2 Å². The minimum absolute atomic E-state index is 0.300. The number of carboxylic acid groups (broad SMARTS) is 1. The third-order valence-corrected chi connectivity index (χ3v) is 6.22. The van der Waals surface area contributed by atoms with Crippen molar-refractivity contribution in [2.24, 2.45) is 0 Å². The van der Waals surface area contributed by atoms with Gasteiger partial charge in [-0.2, -0.15) is 0 Å². The molecule has 2 unspecified atom stereocenters. The van der Waals surface area contributed by atoms with Gasteiger partial charge in [0.25, 0.3) is 0 Å². The summed E-state index contributed by atoms with van der Waals surface area (Å²) in [6, 6.07) is 12.7. The number of carboxylic acids is 1. The van der Waals surface area contributed by atoms with Crippen LogP contribution >= 0.6 is 34.2 Å². The molecule has 0 spiro atoms. The van der Waals surface area contributed by atoms with Crippen LogP contribution in [0.3, 0.4) is 0 Å². The Morgan fingerprint density at radius 2 is 1.85 bits per heavy atom. The minimum atomic E-state index is -0.928. The molecule has 2 aromatic carbocycles. The summed E-state index contributed by atoms with van der Waals surface area (Å²) < 4.78 is 7.05. The predicted molar refractivity (Wildman–Crippen MR) is 111 cm³/mol. The number of hydrogen-bond acceptors (Lipinski definition) is 3. The van der Waals surface area contributed by atoms with Gasteiger partial charge in [0.2, 0.25) is 0 Å². The van der Waals surface area contributed by atoms with E-state index in [0.717, 1.165) is 39.1 Å². The van der Waals surface area contributed by atoms with Gasteiger partial charge in [-0.1, -0.05) is 0 Å². The Balaban J connectivity index is 1.65. The number of anilines is 2. The number of rotatable bonds is 4.